The maximum Gasteiger partial charge on any atom is 0.268 e. The fraction of sp³-hybridized carbons (Fsp3) is 0. The van der Waals surface area contributed by atoms with Gasteiger partial charge in [0, 0.05) is 10.8 Å². The summed E-state index contributed by atoms with van der Waals surface area (Å²) >= 11 is 0. The molecule has 0 saturated heterocycles. The third kappa shape index (κ3) is 3.04. The summed E-state index contributed by atoms with van der Waals surface area (Å²) < 4.78 is 2.06. The average molecular weight is 490 g/mol. The average Bonchev–Trinajstić information content (AvgIpc) is 3.44. The molecule has 0 bridgehead atoms. The molecular weight excluding hydrogens is 470 g/mol. The largest absolute Gasteiger partial charge is 0.308 e. The minimum absolute atomic E-state index is 0.331. The molecule has 1 aliphatic rings. The number of rotatable bonds is 3. The van der Waals surface area contributed by atoms with Crippen LogP contribution in [0.1, 0.15) is 26.3 Å². The van der Waals surface area contributed by atoms with Crippen molar-refractivity contribution in [2.75, 3.05) is 4.90 Å². The SMILES string of the molecule is N#Cc1ccccc1-c1ccc2c3ccccc3n(-c3cccc4c3C(=O)N(c3ccccc3)C4=O)c2c1. The zero-order valence-corrected chi connectivity index (χ0v) is 20.1. The molecule has 1 aromatic heterocycles. The van der Waals surface area contributed by atoms with Crippen molar-refractivity contribution in [3.05, 3.63) is 132 Å². The number of nitrogens with zero attached hydrogens (tertiary/aromatic N) is 3. The highest BCUT2D eigenvalue weighted by Gasteiger charge is 2.39. The lowest BCUT2D eigenvalue weighted by Gasteiger charge is -2.14. The molecule has 38 heavy (non-hydrogen) atoms. The van der Waals surface area contributed by atoms with Gasteiger partial charge in [-0.3, -0.25) is 9.59 Å². The van der Waals surface area contributed by atoms with Crippen LogP contribution in [0.15, 0.2) is 115 Å². The quantitative estimate of drug-likeness (QED) is 0.249. The second-order valence-electron chi connectivity index (χ2n) is 9.22. The monoisotopic (exact) mass is 489 g/mol. The molecule has 0 spiro atoms. The molecule has 2 amide bonds. The molecular formula is C33H19N3O2. The first kappa shape index (κ1) is 21.8. The maximum absolute atomic E-state index is 13.8. The second kappa shape index (κ2) is 8.29. The van der Waals surface area contributed by atoms with E-state index in [-0.39, 0.29) is 11.8 Å². The Kier molecular flexibility index (Phi) is 4.75. The molecule has 6 aromatic rings. The first-order valence-corrected chi connectivity index (χ1v) is 12.3. The summed E-state index contributed by atoms with van der Waals surface area (Å²) in [6, 6.07) is 38.4. The smallest absolute Gasteiger partial charge is 0.268 e. The van der Waals surface area contributed by atoms with Gasteiger partial charge in [-0.25, -0.2) is 4.90 Å². The number of fused-ring (bicyclic) bond motifs is 4. The second-order valence-corrected chi connectivity index (χ2v) is 9.22. The van der Waals surface area contributed by atoms with Gasteiger partial charge in [0.15, 0.2) is 0 Å². The summed E-state index contributed by atoms with van der Waals surface area (Å²) in [7, 11) is 0. The van der Waals surface area contributed by atoms with Gasteiger partial charge in [-0.1, -0.05) is 72.8 Å². The van der Waals surface area contributed by atoms with E-state index in [1.807, 2.05) is 78.9 Å². The van der Waals surface area contributed by atoms with Gasteiger partial charge in [0.25, 0.3) is 11.8 Å². The van der Waals surface area contributed by atoms with E-state index < -0.39 is 0 Å². The van der Waals surface area contributed by atoms with Crippen molar-refractivity contribution >= 4 is 39.3 Å². The molecule has 0 radical (unpaired) electrons. The summed E-state index contributed by atoms with van der Waals surface area (Å²) in [5.41, 5.74) is 6.12. The maximum atomic E-state index is 13.8. The van der Waals surface area contributed by atoms with Crippen molar-refractivity contribution in [2.45, 2.75) is 0 Å². The number of amides is 2. The van der Waals surface area contributed by atoms with Gasteiger partial charge in [0.2, 0.25) is 0 Å². The van der Waals surface area contributed by atoms with Crippen molar-refractivity contribution in [1.29, 1.82) is 5.26 Å². The van der Waals surface area contributed by atoms with E-state index in [9.17, 15) is 14.9 Å². The molecule has 2 heterocycles. The number of carbonyl (C=O) groups is 2. The predicted molar refractivity (Wildman–Crippen MR) is 149 cm³/mol. The highest BCUT2D eigenvalue weighted by molar-refractivity contribution is 6.35. The van der Waals surface area contributed by atoms with Crippen LogP contribution in [0.25, 0.3) is 38.6 Å². The molecule has 5 nitrogen and oxygen atoms in total. The third-order valence-electron chi connectivity index (χ3n) is 7.18. The molecule has 178 valence electrons. The van der Waals surface area contributed by atoms with E-state index in [0.717, 1.165) is 32.9 Å². The van der Waals surface area contributed by atoms with Gasteiger partial charge < -0.3 is 4.57 Å². The summed E-state index contributed by atoms with van der Waals surface area (Å²) in [5, 5.41) is 11.7. The van der Waals surface area contributed by atoms with E-state index in [1.54, 1.807) is 18.2 Å². The van der Waals surface area contributed by atoms with Crippen LogP contribution in [0.4, 0.5) is 5.69 Å². The van der Waals surface area contributed by atoms with E-state index >= 15 is 0 Å². The number of aromatic nitrogens is 1. The molecule has 0 N–H and O–H groups in total. The molecule has 5 aromatic carbocycles. The van der Waals surface area contributed by atoms with Crippen LogP contribution in [0.3, 0.4) is 0 Å². The number of carbonyl (C=O) groups excluding carboxylic acids is 2. The Bertz CT molecular complexity index is 1980. The zero-order chi connectivity index (χ0) is 25.8. The number of hydrogen-bond acceptors (Lipinski definition) is 3. The predicted octanol–water partition coefficient (Wildman–Crippen LogP) is 7.12. The van der Waals surface area contributed by atoms with Gasteiger partial charge in [0.1, 0.15) is 0 Å². The normalized spacial score (nSPS) is 12.8. The summed E-state index contributed by atoms with van der Waals surface area (Å²) in [6.07, 6.45) is 0. The summed E-state index contributed by atoms with van der Waals surface area (Å²) in [6.45, 7) is 0. The standard InChI is InChI=1S/C33H19N3O2/c34-20-22-9-4-5-12-24(22)21-17-18-26-25-13-6-7-15-28(25)36(30(26)19-21)29-16-8-14-27-31(29)33(38)35(32(27)37)23-10-2-1-3-11-23/h1-19H. The molecule has 0 atom stereocenters. The van der Waals surface area contributed by atoms with Gasteiger partial charge in [-0.2, -0.15) is 5.26 Å². The number of anilines is 1. The van der Waals surface area contributed by atoms with Crippen molar-refractivity contribution in [3.8, 4) is 22.9 Å². The Labute approximate surface area is 218 Å². The topological polar surface area (TPSA) is 66.1 Å². The number of imide groups is 1. The van der Waals surface area contributed by atoms with Crippen molar-refractivity contribution < 1.29 is 9.59 Å². The molecule has 0 aliphatic carbocycles. The molecule has 1 aliphatic heterocycles. The van der Waals surface area contributed by atoms with Crippen molar-refractivity contribution in [2.24, 2.45) is 0 Å². The molecule has 5 heteroatoms. The van der Waals surface area contributed by atoms with Crippen molar-refractivity contribution in [1.82, 2.24) is 4.57 Å². The van der Waals surface area contributed by atoms with Crippen LogP contribution in [-0.4, -0.2) is 16.4 Å². The van der Waals surface area contributed by atoms with Gasteiger partial charge in [-0.15, -0.1) is 0 Å². The van der Waals surface area contributed by atoms with Gasteiger partial charge in [0.05, 0.1) is 45.2 Å². The highest BCUT2D eigenvalue weighted by Crippen LogP contribution is 2.39. The van der Waals surface area contributed by atoms with E-state index in [4.69, 9.17) is 0 Å². The lowest BCUT2D eigenvalue weighted by molar-refractivity contribution is 0.0926. The van der Waals surface area contributed by atoms with Gasteiger partial charge in [-0.05, 0) is 53.6 Å². The van der Waals surface area contributed by atoms with E-state index in [2.05, 4.69) is 28.8 Å². The third-order valence-corrected chi connectivity index (χ3v) is 7.18. The molecule has 0 fully saturated rings. The number of nitriles is 1. The Hall–Kier alpha value is -5.47. The zero-order valence-electron chi connectivity index (χ0n) is 20.1. The van der Waals surface area contributed by atoms with Crippen LogP contribution in [0, 0.1) is 11.3 Å². The highest BCUT2D eigenvalue weighted by atomic mass is 16.2. The number of para-hydroxylation sites is 2. The summed E-state index contributed by atoms with van der Waals surface area (Å²) in [5.74, 6) is -0.675. The van der Waals surface area contributed by atoms with Crippen molar-refractivity contribution in [3.63, 3.8) is 0 Å². The van der Waals surface area contributed by atoms with Crippen LogP contribution in [-0.2, 0) is 0 Å². The first-order valence-electron chi connectivity index (χ1n) is 12.3. The Morgan fingerprint density at radius 2 is 1.32 bits per heavy atom. The van der Waals surface area contributed by atoms with Crippen LogP contribution in [0.2, 0.25) is 0 Å². The Morgan fingerprint density at radius 1 is 0.605 bits per heavy atom. The van der Waals surface area contributed by atoms with Crippen LogP contribution < -0.4 is 4.90 Å². The molecule has 7 rings (SSSR count). The van der Waals surface area contributed by atoms with Gasteiger partial charge >= 0.3 is 0 Å². The molecule has 0 unspecified atom stereocenters. The Morgan fingerprint density at radius 3 is 2.16 bits per heavy atom. The lowest BCUT2D eigenvalue weighted by atomic mass is 9.99. The fourth-order valence-electron chi connectivity index (χ4n) is 5.50. The van der Waals surface area contributed by atoms with E-state index in [0.29, 0.717) is 28.1 Å². The lowest BCUT2D eigenvalue weighted by Crippen LogP contribution is -2.29. The minimum Gasteiger partial charge on any atom is -0.308 e. The minimum atomic E-state index is -0.344. The number of hydrogen-bond donors (Lipinski definition) is 0. The van der Waals surface area contributed by atoms with Crippen LogP contribution >= 0.6 is 0 Å². The summed E-state index contributed by atoms with van der Waals surface area (Å²) in [4.78, 5) is 28.5. The Balaban J connectivity index is 1.52. The first-order chi connectivity index (χ1) is 18.7. The van der Waals surface area contributed by atoms with E-state index in [1.165, 1.54) is 4.90 Å². The number of benzene rings is 5. The fourth-order valence-corrected chi connectivity index (χ4v) is 5.50. The van der Waals surface area contributed by atoms with Crippen LogP contribution in [0.5, 0.6) is 0 Å². The molecule has 0 saturated carbocycles.